The quantitative estimate of drug-likeness (QED) is 0.808. The molecule has 0 saturated heterocycles. The van der Waals surface area contributed by atoms with E-state index in [2.05, 4.69) is 4.98 Å². The van der Waals surface area contributed by atoms with Gasteiger partial charge in [-0.3, -0.25) is 4.57 Å². The van der Waals surface area contributed by atoms with E-state index in [1.807, 2.05) is 0 Å². The summed E-state index contributed by atoms with van der Waals surface area (Å²) in [5, 5.41) is 0. The molecule has 5 heteroatoms. The van der Waals surface area contributed by atoms with Crippen LogP contribution >= 0.6 is 0 Å². The van der Waals surface area contributed by atoms with Crippen molar-refractivity contribution in [2.24, 2.45) is 0 Å². The largest absolute Gasteiger partial charge is 0.497 e. The van der Waals surface area contributed by atoms with Crippen LogP contribution in [0, 0.1) is 5.82 Å². The lowest BCUT2D eigenvalue weighted by atomic mass is 10.3. The fourth-order valence-electron chi connectivity index (χ4n) is 1.32. The lowest BCUT2D eigenvalue weighted by molar-refractivity contribution is 0.411. The van der Waals surface area contributed by atoms with Crippen LogP contribution in [0.3, 0.4) is 0 Å². The van der Waals surface area contributed by atoms with Crippen molar-refractivity contribution in [2.45, 2.75) is 0 Å². The molecule has 2 rings (SSSR count). The summed E-state index contributed by atoms with van der Waals surface area (Å²) in [6.45, 7) is 0. The van der Waals surface area contributed by atoms with Crippen molar-refractivity contribution in [1.29, 1.82) is 0 Å². The Hall–Kier alpha value is -2.04. The number of H-pyrrole nitrogens is 1. The Morgan fingerprint density at radius 3 is 2.80 bits per heavy atom. The molecule has 1 N–H and O–H groups in total. The van der Waals surface area contributed by atoms with Gasteiger partial charge >= 0.3 is 5.69 Å². The highest BCUT2D eigenvalue weighted by molar-refractivity contribution is 5.38. The summed E-state index contributed by atoms with van der Waals surface area (Å²) in [6.07, 6.45) is 2.92. The monoisotopic (exact) mass is 208 g/mol. The lowest BCUT2D eigenvalue weighted by Crippen LogP contribution is -2.15. The summed E-state index contributed by atoms with van der Waals surface area (Å²) in [7, 11) is 1.46. The minimum absolute atomic E-state index is 0.196. The summed E-state index contributed by atoms with van der Waals surface area (Å²) in [5.74, 6) is -0.0871. The van der Waals surface area contributed by atoms with Crippen LogP contribution in [0.25, 0.3) is 5.69 Å². The van der Waals surface area contributed by atoms with Gasteiger partial charge in [-0.15, -0.1) is 0 Å². The molecule has 4 nitrogen and oxygen atoms in total. The molecule has 1 aromatic heterocycles. The smallest absolute Gasteiger partial charge is 0.330 e. The number of benzene rings is 1. The number of halogens is 1. The predicted molar refractivity (Wildman–Crippen MR) is 52.9 cm³/mol. The molecule has 0 spiro atoms. The molecule has 0 fully saturated rings. The van der Waals surface area contributed by atoms with E-state index in [0.717, 1.165) is 0 Å². The van der Waals surface area contributed by atoms with Gasteiger partial charge in [-0.05, 0) is 12.1 Å². The Morgan fingerprint density at radius 2 is 2.27 bits per heavy atom. The maximum Gasteiger partial charge on any atom is 0.330 e. The van der Waals surface area contributed by atoms with E-state index >= 15 is 0 Å². The van der Waals surface area contributed by atoms with Crippen molar-refractivity contribution in [3.63, 3.8) is 0 Å². The Bertz CT molecular complexity index is 530. The molecule has 0 amide bonds. The van der Waals surface area contributed by atoms with Crippen LogP contribution in [0.2, 0.25) is 0 Å². The molecular weight excluding hydrogens is 199 g/mol. The Kier molecular flexibility index (Phi) is 2.29. The second-order valence-corrected chi connectivity index (χ2v) is 2.95. The maximum absolute atomic E-state index is 13.5. The third-order valence-corrected chi connectivity index (χ3v) is 2.06. The van der Waals surface area contributed by atoms with Gasteiger partial charge in [0.1, 0.15) is 5.75 Å². The lowest BCUT2D eigenvalue weighted by Gasteiger charge is -2.04. The predicted octanol–water partition coefficient (Wildman–Crippen LogP) is 1.31. The van der Waals surface area contributed by atoms with Crippen molar-refractivity contribution in [2.75, 3.05) is 7.11 Å². The van der Waals surface area contributed by atoms with E-state index in [1.54, 1.807) is 6.07 Å². The summed E-state index contributed by atoms with van der Waals surface area (Å²) < 4.78 is 19.6. The number of aromatic nitrogens is 2. The second kappa shape index (κ2) is 3.61. The number of ether oxygens (including phenoxy) is 1. The normalized spacial score (nSPS) is 10.3. The summed E-state index contributed by atoms with van der Waals surface area (Å²) in [6, 6.07) is 4.32. The molecule has 15 heavy (non-hydrogen) atoms. The van der Waals surface area contributed by atoms with Gasteiger partial charge in [0.15, 0.2) is 5.82 Å². The van der Waals surface area contributed by atoms with Gasteiger partial charge in [0.25, 0.3) is 0 Å². The van der Waals surface area contributed by atoms with E-state index in [4.69, 9.17) is 4.74 Å². The molecule has 2 aromatic rings. The first-order valence-corrected chi connectivity index (χ1v) is 4.32. The van der Waals surface area contributed by atoms with Gasteiger partial charge in [-0.25, -0.2) is 9.18 Å². The van der Waals surface area contributed by atoms with Gasteiger partial charge in [0.05, 0.1) is 12.8 Å². The minimum atomic E-state index is -0.504. The van der Waals surface area contributed by atoms with Crippen molar-refractivity contribution < 1.29 is 9.13 Å². The zero-order valence-corrected chi connectivity index (χ0v) is 8.03. The van der Waals surface area contributed by atoms with Crippen LogP contribution in [0.4, 0.5) is 4.39 Å². The molecule has 1 heterocycles. The Morgan fingerprint density at radius 1 is 1.47 bits per heavy atom. The van der Waals surface area contributed by atoms with Crippen molar-refractivity contribution in [3.8, 4) is 11.4 Å². The topological polar surface area (TPSA) is 47.0 Å². The molecule has 0 aliphatic rings. The molecule has 0 saturated carbocycles. The van der Waals surface area contributed by atoms with Crippen molar-refractivity contribution >= 4 is 0 Å². The maximum atomic E-state index is 13.5. The van der Waals surface area contributed by atoms with Crippen molar-refractivity contribution in [1.82, 2.24) is 9.55 Å². The summed E-state index contributed by atoms with van der Waals surface area (Å²) in [4.78, 5) is 13.7. The fraction of sp³-hybridized carbons (Fsp3) is 0.100. The number of imidazole rings is 1. The number of nitrogens with zero attached hydrogens (tertiary/aromatic N) is 1. The van der Waals surface area contributed by atoms with Crippen molar-refractivity contribution in [3.05, 3.63) is 46.9 Å². The Labute approximate surface area is 84.9 Å². The minimum Gasteiger partial charge on any atom is -0.497 e. The summed E-state index contributed by atoms with van der Waals surface area (Å²) in [5.41, 5.74) is -0.180. The Balaban J connectivity index is 2.55. The van der Waals surface area contributed by atoms with Gasteiger partial charge in [0.2, 0.25) is 0 Å². The highest BCUT2D eigenvalue weighted by atomic mass is 19.1. The highest BCUT2D eigenvalue weighted by Crippen LogP contribution is 2.18. The standard InChI is InChI=1S/C10H9FN2O2/c1-15-7-2-3-9(8(11)6-7)13-5-4-12-10(13)14/h2-6H,1H3,(H,12,14). The van der Waals surface area contributed by atoms with E-state index in [1.165, 1.54) is 36.2 Å². The first-order valence-electron chi connectivity index (χ1n) is 4.32. The van der Waals surface area contributed by atoms with Crippen LogP contribution in [0.15, 0.2) is 35.4 Å². The molecule has 0 radical (unpaired) electrons. The fourth-order valence-corrected chi connectivity index (χ4v) is 1.32. The third-order valence-electron chi connectivity index (χ3n) is 2.06. The van der Waals surface area contributed by atoms with Crippen LogP contribution in [-0.4, -0.2) is 16.7 Å². The van der Waals surface area contributed by atoms with Gasteiger partial charge in [-0.2, -0.15) is 0 Å². The molecule has 0 unspecified atom stereocenters. The number of rotatable bonds is 2. The number of hydrogen-bond donors (Lipinski definition) is 1. The van der Waals surface area contributed by atoms with Crippen LogP contribution in [0.1, 0.15) is 0 Å². The van der Waals surface area contributed by atoms with E-state index in [0.29, 0.717) is 5.75 Å². The molecule has 0 bridgehead atoms. The molecular formula is C10H9FN2O2. The van der Waals surface area contributed by atoms with Gasteiger partial charge in [-0.1, -0.05) is 0 Å². The first-order chi connectivity index (χ1) is 7.22. The van der Waals surface area contributed by atoms with Gasteiger partial charge in [0, 0.05) is 18.5 Å². The molecule has 0 aliphatic heterocycles. The number of methoxy groups -OCH3 is 1. The van der Waals surface area contributed by atoms with E-state index in [9.17, 15) is 9.18 Å². The second-order valence-electron chi connectivity index (χ2n) is 2.95. The number of aromatic amines is 1. The molecule has 0 atom stereocenters. The highest BCUT2D eigenvalue weighted by Gasteiger charge is 2.07. The van der Waals surface area contributed by atoms with Crippen LogP contribution < -0.4 is 10.4 Å². The SMILES string of the molecule is COc1ccc(-n2cc[nH]c2=O)c(F)c1. The van der Waals surface area contributed by atoms with Crippen LogP contribution in [0.5, 0.6) is 5.75 Å². The number of hydrogen-bond acceptors (Lipinski definition) is 2. The van der Waals surface area contributed by atoms with Crippen LogP contribution in [-0.2, 0) is 0 Å². The third kappa shape index (κ3) is 1.63. The van der Waals surface area contributed by atoms with Gasteiger partial charge < -0.3 is 9.72 Å². The average Bonchev–Trinajstić information content (AvgIpc) is 2.64. The summed E-state index contributed by atoms with van der Waals surface area (Å²) >= 11 is 0. The van der Waals surface area contributed by atoms with E-state index < -0.39 is 5.82 Å². The molecule has 78 valence electrons. The molecule has 1 aromatic carbocycles. The average molecular weight is 208 g/mol. The molecule has 0 aliphatic carbocycles. The zero-order chi connectivity index (χ0) is 10.8. The number of nitrogens with one attached hydrogen (secondary N) is 1. The zero-order valence-electron chi connectivity index (χ0n) is 8.03. The van der Waals surface area contributed by atoms with E-state index in [-0.39, 0.29) is 11.4 Å². The first kappa shape index (κ1) is 9.51.